The van der Waals surface area contributed by atoms with Crippen LogP contribution in [0.2, 0.25) is 0 Å². The number of nitrogens with one attached hydrogen (secondary N) is 1. The van der Waals surface area contributed by atoms with Gasteiger partial charge in [-0.15, -0.1) is 17.5 Å². The summed E-state index contributed by atoms with van der Waals surface area (Å²) in [5.74, 6) is 1.26. The molecule has 0 aromatic rings. The average molecular weight is 183 g/mol. The van der Waals surface area contributed by atoms with Crippen molar-refractivity contribution in [1.82, 2.24) is 5.32 Å². The van der Waals surface area contributed by atoms with Gasteiger partial charge in [-0.1, -0.05) is 6.58 Å². The molecule has 0 spiro atoms. The molecule has 68 valence electrons. The van der Waals surface area contributed by atoms with Crippen LogP contribution >= 0.6 is 11.8 Å². The van der Waals surface area contributed by atoms with Crippen LogP contribution in [0.5, 0.6) is 0 Å². The lowest BCUT2D eigenvalue weighted by molar-refractivity contribution is 0.491. The Kier molecular flexibility index (Phi) is 3.93. The zero-order valence-electron chi connectivity index (χ0n) is 7.73. The largest absolute Gasteiger partial charge is 0.302 e. The Balaban J connectivity index is 2.16. The summed E-state index contributed by atoms with van der Waals surface area (Å²) in [6, 6.07) is 0. The van der Waals surface area contributed by atoms with Crippen molar-refractivity contribution in [2.24, 2.45) is 0 Å². The Hall–Kier alpha value is -0.170. The number of thioether (sulfide) groups is 1. The van der Waals surface area contributed by atoms with Crippen molar-refractivity contribution in [1.29, 1.82) is 0 Å². The van der Waals surface area contributed by atoms with E-state index in [9.17, 15) is 0 Å². The quantitative estimate of drug-likeness (QED) is 0.531. The van der Waals surface area contributed by atoms with Gasteiger partial charge in [0, 0.05) is 12.3 Å². The van der Waals surface area contributed by atoms with Crippen molar-refractivity contribution in [2.45, 2.75) is 31.1 Å². The third-order valence-corrected chi connectivity index (χ3v) is 3.56. The first-order valence-corrected chi connectivity index (χ1v) is 5.49. The smallest absolute Gasteiger partial charge is 0.0617 e. The summed E-state index contributed by atoms with van der Waals surface area (Å²) >= 11 is 2.04. The molecule has 1 aliphatic heterocycles. The summed E-state index contributed by atoms with van der Waals surface area (Å²) in [6.07, 6.45) is 5.61. The fourth-order valence-electron chi connectivity index (χ4n) is 1.45. The molecule has 1 heterocycles. The summed E-state index contributed by atoms with van der Waals surface area (Å²) in [7, 11) is 0. The Morgan fingerprint density at radius 1 is 1.75 bits per heavy atom. The summed E-state index contributed by atoms with van der Waals surface area (Å²) < 4.78 is 0. The molecule has 0 saturated carbocycles. The van der Waals surface area contributed by atoms with Gasteiger partial charge in [0.25, 0.3) is 0 Å². The van der Waals surface area contributed by atoms with Crippen LogP contribution < -0.4 is 5.32 Å². The monoisotopic (exact) mass is 183 g/mol. The molecular formula is C10H17NS. The molecule has 1 saturated heterocycles. The van der Waals surface area contributed by atoms with Crippen molar-refractivity contribution in [2.75, 3.05) is 12.3 Å². The Morgan fingerprint density at radius 3 is 3.17 bits per heavy atom. The predicted octanol–water partition coefficient (Wildman–Crippen LogP) is 2.55. The van der Waals surface area contributed by atoms with Crippen LogP contribution in [0.15, 0.2) is 18.4 Å². The van der Waals surface area contributed by atoms with E-state index in [4.69, 9.17) is 0 Å². The lowest BCUT2D eigenvalue weighted by Crippen LogP contribution is -2.33. The van der Waals surface area contributed by atoms with Crippen molar-refractivity contribution in [3.63, 3.8) is 0 Å². The second-order valence-electron chi connectivity index (χ2n) is 3.31. The van der Waals surface area contributed by atoms with E-state index in [1.807, 2.05) is 17.8 Å². The van der Waals surface area contributed by atoms with Gasteiger partial charge in [-0.05, 0) is 32.3 Å². The van der Waals surface area contributed by atoms with Crippen molar-refractivity contribution in [3.05, 3.63) is 18.4 Å². The maximum atomic E-state index is 3.55. The van der Waals surface area contributed by atoms with E-state index in [-0.39, 0.29) is 0 Å². The first-order valence-electron chi connectivity index (χ1n) is 4.50. The molecule has 12 heavy (non-hydrogen) atoms. The molecule has 1 unspecified atom stereocenters. The molecule has 1 rings (SSSR count). The molecule has 1 atom stereocenters. The van der Waals surface area contributed by atoms with Gasteiger partial charge in [0.2, 0.25) is 0 Å². The van der Waals surface area contributed by atoms with Crippen molar-refractivity contribution in [3.8, 4) is 0 Å². The Bertz CT molecular complexity index is 176. The SMILES string of the molecule is C=C=CCCCC1(C)NCCS1. The van der Waals surface area contributed by atoms with Gasteiger partial charge in [0.1, 0.15) is 0 Å². The van der Waals surface area contributed by atoms with Crippen molar-refractivity contribution >= 4 is 11.8 Å². The van der Waals surface area contributed by atoms with Gasteiger partial charge < -0.3 is 5.32 Å². The minimum absolute atomic E-state index is 0.342. The van der Waals surface area contributed by atoms with E-state index >= 15 is 0 Å². The molecule has 1 fully saturated rings. The number of hydrogen-bond donors (Lipinski definition) is 1. The van der Waals surface area contributed by atoms with Crippen LogP contribution in [0.25, 0.3) is 0 Å². The summed E-state index contributed by atoms with van der Waals surface area (Å²) in [5.41, 5.74) is 2.80. The molecule has 1 aliphatic rings. The minimum Gasteiger partial charge on any atom is -0.302 e. The summed E-state index contributed by atoms with van der Waals surface area (Å²) in [4.78, 5) is 0.342. The van der Waals surface area contributed by atoms with Crippen LogP contribution in [0.3, 0.4) is 0 Å². The topological polar surface area (TPSA) is 12.0 Å². The van der Waals surface area contributed by atoms with E-state index in [0.29, 0.717) is 4.87 Å². The Morgan fingerprint density at radius 2 is 2.58 bits per heavy atom. The third-order valence-electron chi connectivity index (χ3n) is 2.17. The summed E-state index contributed by atoms with van der Waals surface area (Å²) in [5, 5.41) is 3.52. The Labute approximate surface area is 79.3 Å². The maximum absolute atomic E-state index is 3.55. The maximum Gasteiger partial charge on any atom is 0.0617 e. The van der Waals surface area contributed by atoms with Gasteiger partial charge >= 0.3 is 0 Å². The molecule has 0 radical (unpaired) electrons. The van der Waals surface area contributed by atoms with Gasteiger partial charge in [0.15, 0.2) is 0 Å². The number of hydrogen-bond acceptors (Lipinski definition) is 2. The molecule has 0 bridgehead atoms. The van der Waals surface area contributed by atoms with Crippen LogP contribution in [-0.2, 0) is 0 Å². The zero-order valence-corrected chi connectivity index (χ0v) is 8.54. The molecule has 0 aromatic carbocycles. The number of rotatable bonds is 4. The minimum atomic E-state index is 0.342. The fourth-order valence-corrected chi connectivity index (χ4v) is 2.59. The standard InChI is InChI=1S/C10H17NS/c1-3-4-5-6-7-10(2)11-8-9-12-10/h4,11H,1,5-9H2,2H3. The van der Waals surface area contributed by atoms with Crippen LogP contribution in [0.4, 0.5) is 0 Å². The second-order valence-corrected chi connectivity index (χ2v) is 4.90. The fraction of sp³-hybridized carbons (Fsp3) is 0.700. The molecule has 1 nitrogen and oxygen atoms in total. The third kappa shape index (κ3) is 3.06. The molecule has 0 aliphatic carbocycles. The highest BCUT2D eigenvalue weighted by atomic mass is 32.2. The zero-order chi connectivity index (χ0) is 8.86. The van der Waals surface area contributed by atoms with E-state index in [1.165, 1.54) is 25.1 Å². The van der Waals surface area contributed by atoms with Gasteiger partial charge in [0.05, 0.1) is 4.87 Å². The normalized spacial score (nSPS) is 28.4. The van der Waals surface area contributed by atoms with Gasteiger partial charge in [-0.25, -0.2) is 0 Å². The highest BCUT2D eigenvalue weighted by Gasteiger charge is 2.27. The molecular weight excluding hydrogens is 166 g/mol. The lowest BCUT2D eigenvalue weighted by Gasteiger charge is -2.22. The van der Waals surface area contributed by atoms with Crippen molar-refractivity contribution < 1.29 is 0 Å². The second kappa shape index (κ2) is 4.76. The molecule has 1 N–H and O–H groups in total. The van der Waals surface area contributed by atoms with Crippen LogP contribution in [-0.4, -0.2) is 17.2 Å². The highest BCUT2D eigenvalue weighted by molar-refractivity contribution is 8.00. The average Bonchev–Trinajstić information content (AvgIpc) is 2.47. The van der Waals surface area contributed by atoms with E-state index in [2.05, 4.69) is 24.6 Å². The summed E-state index contributed by atoms with van der Waals surface area (Å²) in [6.45, 7) is 7.01. The first kappa shape index (κ1) is 9.91. The van der Waals surface area contributed by atoms with Crippen LogP contribution in [0.1, 0.15) is 26.2 Å². The number of allylic oxidation sites excluding steroid dienone is 1. The van der Waals surface area contributed by atoms with Crippen LogP contribution in [0, 0.1) is 0 Å². The predicted molar refractivity (Wildman–Crippen MR) is 56.4 cm³/mol. The first-order chi connectivity index (χ1) is 5.77. The van der Waals surface area contributed by atoms with Gasteiger partial charge in [-0.3, -0.25) is 0 Å². The molecule has 0 aromatic heterocycles. The molecule has 0 amide bonds. The number of unbranched alkanes of at least 4 members (excludes halogenated alkanes) is 1. The molecule has 2 heteroatoms. The van der Waals surface area contributed by atoms with E-state index < -0.39 is 0 Å². The highest BCUT2D eigenvalue weighted by Crippen LogP contribution is 2.31. The van der Waals surface area contributed by atoms with E-state index in [0.717, 1.165) is 6.42 Å². The van der Waals surface area contributed by atoms with E-state index in [1.54, 1.807) is 0 Å². The van der Waals surface area contributed by atoms with Gasteiger partial charge in [-0.2, -0.15) is 0 Å². The lowest BCUT2D eigenvalue weighted by atomic mass is 10.1.